The van der Waals surface area contributed by atoms with Gasteiger partial charge in [-0.3, -0.25) is 4.79 Å². The van der Waals surface area contributed by atoms with Crippen molar-refractivity contribution in [1.82, 2.24) is 10.2 Å². The summed E-state index contributed by atoms with van der Waals surface area (Å²) in [4.78, 5) is 12.0. The molecule has 0 aliphatic carbocycles. The topological polar surface area (TPSA) is 54.9 Å². The first-order valence-electron chi connectivity index (χ1n) is 6.38. The molecule has 1 rings (SSSR count). The first kappa shape index (κ1) is 15.1. The average molecular weight is 269 g/mol. The smallest absolute Gasteiger partial charge is 0.231 e. The molecule has 1 aromatic heterocycles. The number of rotatable bonds is 5. The van der Waals surface area contributed by atoms with Crippen LogP contribution < -0.4 is 5.32 Å². The zero-order valence-corrected chi connectivity index (χ0v) is 12.9. The van der Waals surface area contributed by atoms with Crippen LogP contribution in [-0.4, -0.2) is 16.1 Å². The first-order valence-corrected chi connectivity index (χ1v) is 7.20. The number of nitrogens with zero attached hydrogens (tertiary/aromatic N) is 2. The Kier molecular flexibility index (Phi) is 4.48. The van der Waals surface area contributed by atoms with Crippen LogP contribution in [0.4, 0.5) is 5.13 Å². The summed E-state index contributed by atoms with van der Waals surface area (Å²) < 4.78 is 0. The molecule has 0 radical (unpaired) electrons. The maximum Gasteiger partial charge on any atom is 0.231 e. The molecule has 0 aliphatic heterocycles. The van der Waals surface area contributed by atoms with Crippen molar-refractivity contribution >= 4 is 22.4 Å². The predicted molar refractivity (Wildman–Crippen MR) is 75.9 cm³/mol. The number of anilines is 1. The van der Waals surface area contributed by atoms with E-state index in [0.29, 0.717) is 5.13 Å². The highest BCUT2D eigenvalue weighted by atomic mass is 32.1. The van der Waals surface area contributed by atoms with Crippen LogP contribution in [0.15, 0.2) is 0 Å². The number of amides is 1. The first-order chi connectivity index (χ1) is 8.23. The molecule has 0 saturated carbocycles. The third-order valence-corrected chi connectivity index (χ3v) is 4.81. The molecule has 1 heterocycles. The van der Waals surface area contributed by atoms with E-state index in [0.717, 1.165) is 17.8 Å². The van der Waals surface area contributed by atoms with E-state index < -0.39 is 0 Å². The highest BCUT2D eigenvalue weighted by molar-refractivity contribution is 7.15. The fourth-order valence-electron chi connectivity index (χ4n) is 1.13. The van der Waals surface area contributed by atoms with E-state index in [1.165, 1.54) is 11.3 Å². The predicted octanol–water partition coefficient (Wildman–Crippen LogP) is 3.60. The largest absolute Gasteiger partial charge is 0.300 e. The molecule has 0 fully saturated rings. The second-order valence-electron chi connectivity index (χ2n) is 5.84. The van der Waals surface area contributed by atoms with Gasteiger partial charge in [-0.05, 0) is 12.8 Å². The average Bonchev–Trinajstić information content (AvgIpc) is 2.78. The van der Waals surface area contributed by atoms with Gasteiger partial charge < -0.3 is 5.32 Å². The van der Waals surface area contributed by atoms with E-state index in [4.69, 9.17) is 0 Å². The Labute approximate surface area is 113 Å². The Morgan fingerprint density at radius 2 is 1.78 bits per heavy atom. The van der Waals surface area contributed by atoms with E-state index in [1.54, 1.807) is 0 Å². The molecule has 1 aromatic rings. The number of carbonyl (C=O) groups excluding carboxylic acids is 1. The van der Waals surface area contributed by atoms with Gasteiger partial charge in [0.25, 0.3) is 0 Å². The molecule has 5 heteroatoms. The molecule has 0 aromatic carbocycles. The van der Waals surface area contributed by atoms with Crippen molar-refractivity contribution in [2.75, 3.05) is 5.32 Å². The molecule has 1 N–H and O–H groups in total. The van der Waals surface area contributed by atoms with Crippen LogP contribution in [0, 0.1) is 5.41 Å². The molecular weight excluding hydrogens is 246 g/mol. The molecule has 1 amide bonds. The Morgan fingerprint density at radius 3 is 2.28 bits per heavy atom. The maximum atomic E-state index is 12.0. The van der Waals surface area contributed by atoms with Gasteiger partial charge in [0.1, 0.15) is 5.01 Å². The van der Waals surface area contributed by atoms with Gasteiger partial charge in [0.15, 0.2) is 0 Å². The molecule has 0 spiro atoms. The van der Waals surface area contributed by atoms with Gasteiger partial charge in [-0.25, -0.2) is 0 Å². The minimum Gasteiger partial charge on any atom is -0.300 e. The van der Waals surface area contributed by atoms with Crippen molar-refractivity contribution < 1.29 is 4.79 Å². The van der Waals surface area contributed by atoms with Crippen molar-refractivity contribution in [3.05, 3.63) is 5.01 Å². The van der Waals surface area contributed by atoms with Crippen LogP contribution in [0.5, 0.6) is 0 Å². The van der Waals surface area contributed by atoms with Crippen LogP contribution in [-0.2, 0) is 10.2 Å². The molecule has 0 atom stereocenters. The van der Waals surface area contributed by atoms with Crippen molar-refractivity contribution in [2.24, 2.45) is 5.41 Å². The zero-order chi connectivity index (χ0) is 14.0. The van der Waals surface area contributed by atoms with E-state index >= 15 is 0 Å². The van der Waals surface area contributed by atoms with Gasteiger partial charge in [-0.15, -0.1) is 10.2 Å². The van der Waals surface area contributed by atoms with Gasteiger partial charge in [0, 0.05) is 10.8 Å². The van der Waals surface area contributed by atoms with Gasteiger partial charge in [-0.2, -0.15) is 0 Å². The summed E-state index contributed by atoms with van der Waals surface area (Å²) >= 11 is 1.47. The van der Waals surface area contributed by atoms with Gasteiger partial charge in [0.2, 0.25) is 11.0 Å². The summed E-state index contributed by atoms with van der Waals surface area (Å²) in [5.74, 6) is 0.00186. The third-order valence-electron chi connectivity index (χ3n) is 3.61. The summed E-state index contributed by atoms with van der Waals surface area (Å²) in [5, 5.41) is 12.6. The van der Waals surface area contributed by atoms with Crippen LogP contribution in [0.2, 0.25) is 0 Å². The summed E-state index contributed by atoms with van der Waals surface area (Å²) in [6.07, 6.45) is 1.79. The van der Waals surface area contributed by atoms with Crippen molar-refractivity contribution in [3.8, 4) is 0 Å². The minimum absolute atomic E-state index is 0.00186. The lowest BCUT2D eigenvalue weighted by atomic mass is 9.89. The van der Waals surface area contributed by atoms with Gasteiger partial charge in [0.05, 0.1) is 0 Å². The normalized spacial score (nSPS) is 12.6. The number of nitrogens with one attached hydrogen (secondary N) is 1. The lowest BCUT2D eigenvalue weighted by Gasteiger charge is -2.20. The quantitative estimate of drug-likeness (QED) is 0.888. The van der Waals surface area contributed by atoms with Gasteiger partial charge >= 0.3 is 0 Å². The number of carbonyl (C=O) groups is 1. The SMILES string of the molecule is CCC(C)(C)C(=O)Nc1nnc(C(C)(C)CC)s1. The summed E-state index contributed by atoms with van der Waals surface area (Å²) in [7, 11) is 0. The summed E-state index contributed by atoms with van der Waals surface area (Å²) in [6.45, 7) is 12.3. The van der Waals surface area contributed by atoms with Crippen molar-refractivity contribution in [1.29, 1.82) is 0 Å². The lowest BCUT2D eigenvalue weighted by molar-refractivity contribution is -0.124. The van der Waals surface area contributed by atoms with E-state index in [1.807, 2.05) is 20.8 Å². The fourth-order valence-corrected chi connectivity index (χ4v) is 2.04. The summed E-state index contributed by atoms with van der Waals surface area (Å²) in [6, 6.07) is 0. The van der Waals surface area contributed by atoms with Crippen LogP contribution >= 0.6 is 11.3 Å². The Morgan fingerprint density at radius 1 is 1.17 bits per heavy atom. The van der Waals surface area contributed by atoms with Crippen molar-refractivity contribution in [2.45, 2.75) is 59.8 Å². The molecule has 0 saturated heterocycles. The van der Waals surface area contributed by atoms with E-state index in [-0.39, 0.29) is 16.7 Å². The third kappa shape index (κ3) is 3.28. The molecule has 0 aliphatic rings. The highest BCUT2D eigenvalue weighted by Crippen LogP contribution is 2.31. The highest BCUT2D eigenvalue weighted by Gasteiger charge is 2.28. The number of aromatic nitrogens is 2. The lowest BCUT2D eigenvalue weighted by Crippen LogP contribution is -2.29. The van der Waals surface area contributed by atoms with Crippen LogP contribution in [0.3, 0.4) is 0 Å². The second-order valence-corrected chi connectivity index (χ2v) is 6.82. The number of hydrogen-bond acceptors (Lipinski definition) is 4. The molecular formula is C13H23N3OS. The van der Waals surface area contributed by atoms with E-state index in [2.05, 4.69) is 36.3 Å². The monoisotopic (exact) mass is 269 g/mol. The minimum atomic E-state index is -0.369. The molecule has 4 nitrogen and oxygen atoms in total. The maximum absolute atomic E-state index is 12.0. The van der Waals surface area contributed by atoms with Crippen molar-refractivity contribution in [3.63, 3.8) is 0 Å². The van der Waals surface area contributed by atoms with Crippen LogP contribution in [0.25, 0.3) is 0 Å². The van der Waals surface area contributed by atoms with Crippen LogP contribution in [0.1, 0.15) is 59.4 Å². The zero-order valence-electron chi connectivity index (χ0n) is 12.1. The second kappa shape index (κ2) is 5.34. The molecule has 0 bridgehead atoms. The standard InChI is InChI=1S/C13H23N3OS/c1-7-12(3,4)9(17)14-11-16-15-10(18-11)13(5,6)8-2/h7-8H2,1-6H3,(H,14,16,17). The summed E-state index contributed by atoms with van der Waals surface area (Å²) in [5.41, 5.74) is -0.354. The Hall–Kier alpha value is -0.970. The molecule has 102 valence electrons. The molecule has 0 unspecified atom stereocenters. The molecule has 18 heavy (non-hydrogen) atoms. The Balaban J connectivity index is 2.80. The fraction of sp³-hybridized carbons (Fsp3) is 0.769. The van der Waals surface area contributed by atoms with Gasteiger partial charge in [-0.1, -0.05) is 52.9 Å². The van der Waals surface area contributed by atoms with E-state index in [9.17, 15) is 4.79 Å². The Bertz CT molecular complexity index is 424. The number of hydrogen-bond donors (Lipinski definition) is 1.